The molecule has 0 radical (unpaired) electrons. The normalized spacial score (nSPS) is 15.8. The second kappa shape index (κ2) is 6.91. The minimum absolute atomic E-state index is 0.102. The van der Waals surface area contributed by atoms with E-state index >= 15 is 0 Å². The summed E-state index contributed by atoms with van der Waals surface area (Å²) >= 11 is 0. The number of hydrogen-bond donors (Lipinski definition) is 3. The second-order valence-electron chi connectivity index (χ2n) is 4.86. The van der Waals surface area contributed by atoms with Gasteiger partial charge in [-0.2, -0.15) is 0 Å². The van der Waals surface area contributed by atoms with Crippen molar-refractivity contribution in [2.24, 2.45) is 0 Å². The van der Waals surface area contributed by atoms with Gasteiger partial charge in [-0.3, -0.25) is 10.0 Å². The average molecular weight is 277 g/mol. The van der Waals surface area contributed by atoms with E-state index in [4.69, 9.17) is 5.21 Å². The SMILES string of the molecule is O=C(NO)NC(Cc1ccccc1)C(=O)N1CCCC1. The number of nitrogens with one attached hydrogen (secondary N) is 2. The number of hydroxylamine groups is 1. The highest BCUT2D eigenvalue weighted by Crippen LogP contribution is 2.12. The summed E-state index contributed by atoms with van der Waals surface area (Å²) in [5.74, 6) is -0.102. The fourth-order valence-corrected chi connectivity index (χ4v) is 2.40. The molecule has 0 aliphatic carbocycles. The van der Waals surface area contributed by atoms with Crippen LogP contribution < -0.4 is 10.8 Å². The van der Waals surface area contributed by atoms with Gasteiger partial charge in [-0.05, 0) is 18.4 Å². The van der Waals surface area contributed by atoms with E-state index in [1.807, 2.05) is 30.3 Å². The molecule has 0 bridgehead atoms. The fraction of sp³-hybridized carbons (Fsp3) is 0.429. The molecule has 1 heterocycles. The number of urea groups is 1. The fourth-order valence-electron chi connectivity index (χ4n) is 2.40. The quantitative estimate of drug-likeness (QED) is 0.565. The molecule has 1 aromatic carbocycles. The van der Waals surface area contributed by atoms with Crippen molar-refractivity contribution in [2.75, 3.05) is 13.1 Å². The lowest BCUT2D eigenvalue weighted by molar-refractivity contribution is -0.132. The van der Waals surface area contributed by atoms with Crippen molar-refractivity contribution in [3.05, 3.63) is 35.9 Å². The van der Waals surface area contributed by atoms with Crippen LogP contribution in [0.2, 0.25) is 0 Å². The minimum Gasteiger partial charge on any atom is -0.341 e. The molecular formula is C14H19N3O3. The van der Waals surface area contributed by atoms with E-state index in [0.717, 1.165) is 31.5 Å². The van der Waals surface area contributed by atoms with E-state index in [1.54, 1.807) is 4.90 Å². The van der Waals surface area contributed by atoms with Crippen molar-refractivity contribution in [1.29, 1.82) is 0 Å². The van der Waals surface area contributed by atoms with Crippen LogP contribution in [0.5, 0.6) is 0 Å². The van der Waals surface area contributed by atoms with Gasteiger partial charge in [0.05, 0.1) is 0 Å². The maximum atomic E-state index is 12.4. The van der Waals surface area contributed by atoms with Crippen LogP contribution in [0.25, 0.3) is 0 Å². The number of nitrogens with zero attached hydrogens (tertiary/aromatic N) is 1. The number of rotatable bonds is 4. The number of hydrogen-bond acceptors (Lipinski definition) is 3. The van der Waals surface area contributed by atoms with Gasteiger partial charge in [0.15, 0.2) is 0 Å². The maximum Gasteiger partial charge on any atom is 0.339 e. The van der Waals surface area contributed by atoms with Crippen LogP contribution in [-0.2, 0) is 11.2 Å². The zero-order valence-corrected chi connectivity index (χ0v) is 11.2. The number of amides is 3. The Hall–Kier alpha value is -2.08. The summed E-state index contributed by atoms with van der Waals surface area (Å²) in [6.07, 6.45) is 2.40. The molecule has 1 atom stereocenters. The van der Waals surface area contributed by atoms with E-state index in [2.05, 4.69) is 5.32 Å². The third kappa shape index (κ3) is 3.71. The zero-order valence-electron chi connectivity index (χ0n) is 11.2. The topological polar surface area (TPSA) is 81.7 Å². The molecule has 1 saturated heterocycles. The first-order valence-corrected chi connectivity index (χ1v) is 6.74. The monoisotopic (exact) mass is 277 g/mol. The molecule has 2 rings (SSSR count). The van der Waals surface area contributed by atoms with Crippen molar-refractivity contribution in [3.63, 3.8) is 0 Å². The Bertz CT molecular complexity index is 458. The standard InChI is InChI=1S/C14H19N3O3/c18-13(17-8-4-5-9-17)12(15-14(19)16-20)10-11-6-2-1-3-7-11/h1-3,6-7,12,20H,4-5,8-10H2,(H2,15,16,19). The molecule has 0 aromatic heterocycles. The summed E-state index contributed by atoms with van der Waals surface area (Å²) in [7, 11) is 0. The van der Waals surface area contributed by atoms with E-state index in [-0.39, 0.29) is 5.91 Å². The second-order valence-corrected chi connectivity index (χ2v) is 4.86. The first-order valence-electron chi connectivity index (χ1n) is 6.74. The predicted octanol–water partition coefficient (Wildman–Crippen LogP) is 0.908. The summed E-state index contributed by atoms with van der Waals surface area (Å²) in [4.78, 5) is 25.4. The first kappa shape index (κ1) is 14.3. The molecule has 1 aliphatic rings. The Morgan fingerprint density at radius 2 is 1.85 bits per heavy atom. The van der Waals surface area contributed by atoms with Crippen LogP contribution in [0.3, 0.4) is 0 Å². The lowest BCUT2D eigenvalue weighted by Crippen LogP contribution is -2.51. The van der Waals surface area contributed by atoms with Gasteiger partial charge in [0.2, 0.25) is 5.91 Å². The summed E-state index contributed by atoms with van der Waals surface area (Å²) in [6.45, 7) is 1.46. The molecule has 6 nitrogen and oxygen atoms in total. The van der Waals surface area contributed by atoms with Gasteiger partial charge in [0, 0.05) is 19.5 Å². The molecule has 1 aromatic rings. The lowest BCUT2D eigenvalue weighted by atomic mass is 10.0. The van der Waals surface area contributed by atoms with Gasteiger partial charge >= 0.3 is 6.03 Å². The van der Waals surface area contributed by atoms with Crippen LogP contribution in [-0.4, -0.2) is 41.2 Å². The van der Waals surface area contributed by atoms with Crippen LogP contribution in [0.1, 0.15) is 18.4 Å². The van der Waals surface area contributed by atoms with Crippen molar-refractivity contribution < 1.29 is 14.8 Å². The Morgan fingerprint density at radius 3 is 2.45 bits per heavy atom. The zero-order chi connectivity index (χ0) is 14.4. The van der Waals surface area contributed by atoms with Gasteiger partial charge in [0.25, 0.3) is 0 Å². The van der Waals surface area contributed by atoms with Crippen molar-refractivity contribution in [1.82, 2.24) is 15.7 Å². The third-order valence-electron chi connectivity index (χ3n) is 3.41. The molecule has 6 heteroatoms. The van der Waals surface area contributed by atoms with Crippen molar-refractivity contribution >= 4 is 11.9 Å². The van der Waals surface area contributed by atoms with E-state index in [9.17, 15) is 9.59 Å². The van der Waals surface area contributed by atoms with E-state index < -0.39 is 12.1 Å². The van der Waals surface area contributed by atoms with Gasteiger partial charge in [-0.15, -0.1) is 0 Å². The first-order chi connectivity index (χ1) is 9.70. The van der Waals surface area contributed by atoms with Gasteiger partial charge in [0.1, 0.15) is 6.04 Å². The Kier molecular flexibility index (Phi) is 4.95. The highest BCUT2D eigenvalue weighted by Gasteiger charge is 2.27. The molecule has 108 valence electrons. The number of carbonyl (C=O) groups excluding carboxylic acids is 2. The number of likely N-dealkylation sites (tertiary alicyclic amines) is 1. The van der Waals surface area contributed by atoms with Crippen LogP contribution >= 0.6 is 0 Å². The third-order valence-corrected chi connectivity index (χ3v) is 3.41. The minimum atomic E-state index is -0.765. The Labute approximate surface area is 117 Å². The van der Waals surface area contributed by atoms with Gasteiger partial charge in [-0.25, -0.2) is 10.3 Å². The molecule has 0 saturated carbocycles. The molecule has 3 amide bonds. The van der Waals surface area contributed by atoms with E-state index in [0.29, 0.717) is 6.42 Å². The molecular weight excluding hydrogens is 258 g/mol. The summed E-state index contributed by atoms with van der Waals surface area (Å²) in [5, 5.41) is 11.1. The molecule has 20 heavy (non-hydrogen) atoms. The average Bonchev–Trinajstić information content (AvgIpc) is 3.01. The number of carbonyl (C=O) groups is 2. The highest BCUT2D eigenvalue weighted by molar-refractivity contribution is 5.87. The predicted molar refractivity (Wildman–Crippen MR) is 73.2 cm³/mol. The summed E-state index contributed by atoms with van der Waals surface area (Å²) in [5.41, 5.74) is 2.47. The lowest BCUT2D eigenvalue weighted by Gasteiger charge is -2.23. The van der Waals surface area contributed by atoms with E-state index in [1.165, 1.54) is 5.48 Å². The molecule has 0 spiro atoms. The maximum absolute atomic E-state index is 12.4. The smallest absolute Gasteiger partial charge is 0.339 e. The summed E-state index contributed by atoms with van der Waals surface area (Å²) < 4.78 is 0. The van der Waals surface area contributed by atoms with Crippen molar-refractivity contribution in [3.8, 4) is 0 Å². The molecule has 1 aliphatic heterocycles. The van der Waals surface area contributed by atoms with Gasteiger partial charge in [-0.1, -0.05) is 30.3 Å². The van der Waals surface area contributed by atoms with Crippen LogP contribution in [0.4, 0.5) is 4.79 Å². The summed E-state index contributed by atoms with van der Waals surface area (Å²) in [6, 6.07) is 8.05. The number of benzene rings is 1. The van der Waals surface area contributed by atoms with Gasteiger partial charge < -0.3 is 10.2 Å². The van der Waals surface area contributed by atoms with Crippen molar-refractivity contribution in [2.45, 2.75) is 25.3 Å². The highest BCUT2D eigenvalue weighted by atomic mass is 16.5. The Balaban J connectivity index is 2.07. The largest absolute Gasteiger partial charge is 0.341 e. The molecule has 1 fully saturated rings. The molecule has 3 N–H and O–H groups in total. The van der Waals surface area contributed by atoms with Crippen LogP contribution in [0.15, 0.2) is 30.3 Å². The Morgan fingerprint density at radius 1 is 1.20 bits per heavy atom. The van der Waals surface area contributed by atoms with Crippen LogP contribution in [0, 0.1) is 0 Å². The molecule has 1 unspecified atom stereocenters.